The van der Waals surface area contributed by atoms with Crippen LogP contribution in [0.3, 0.4) is 0 Å². The van der Waals surface area contributed by atoms with E-state index < -0.39 is 0 Å². The van der Waals surface area contributed by atoms with E-state index >= 15 is 0 Å². The summed E-state index contributed by atoms with van der Waals surface area (Å²) in [5.74, 6) is 2.03. The molecule has 0 amide bonds. The molecule has 3 heterocycles. The highest BCUT2D eigenvalue weighted by Crippen LogP contribution is 2.26. The van der Waals surface area contributed by atoms with Gasteiger partial charge in [0.25, 0.3) is 0 Å². The first kappa shape index (κ1) is 9.61. The van der Waals surface area contributed by atoms with E-state index in [4.69, 9.17) is 10.2 Å². The Bertz CT molecular complexity index is 530. The minimum Gasteiger partial charge on any atom is -0.461 e. The van der Waals surface area contributed by atoms with Gasteiger partial charge in [-0.2, -0.15) is 9.78 Å². The zero-order chi connectivity index (χ0) is 11.0. The molecule has 6 nitrogen and oxygen atoms in total. The van der Waals surface area contributed by atoms with Crippen molar-refractivity contribution in [2.24, 2.45) is 10.8 Å². The first-order valence-electron chi connectivity index (χ1n) is 4.77. The first-order valence-corrected chi connectivity index (χ1v) is 5.76. The number of rotatable bonds is 2. The molecule has 82 valence electrons. The summed E-state index contributed by atoms with van der Waals surface area (Å²) < 4.78 is 6.96. The Kier molecular flexibility index (Phi) is 2.26. The topological polar surface area (TPSA) is 82.2 Å². The van der Waals surface area contributed by atoms with Gasteiger partial charge in [-0.05, 0) is 12.1 Å². The third-order valence-electron chi connectivity index (χ3n) is 2.20. The van der Waals surface area contributed by atoms with Crippen molar-refractivity contribution in [3.8, 4) is 11.6 Å². The molecule has 1 aliphatic rings. The lowest BCUT2D eigenvalue weighted by molar-refractivity contribution is 0.571. The Balaban J connectivity index is 2.11. The van der Waals surface area contributed by atoms with Crippen LogP contribution in [0.2, 0.25) is 0 Å². The zero-order valence-electron chi connectivity index (χ0n) is 8.33. The summed E-state index contributed by atoms with van der Waals surface area (Å²) in [6, 6.07) is 3.63. The number of hydrogen-bond donors (Lipinski definition) is 1. The molecule has 0 radical (unpaired) electrons. The van der Waals surface area contributed by atoms with Gasteiger partial charge in [-0.3, -0.25) is 0 Å². The summed E-state index contributed by atoms with van der Waals surface area (Å²) in [6.45, 7) is 0.447. The van der Waals surface area contributed by atoms with Crippen LogP contribution >= 0.6 is 11.8 Å². The third kappa shape index (κ3) is 1.44. The van der Waals surface area contributed by atoms with Crippen LogP contribution in [0.5, 0.6) is 0 Å². The average molecular weight is 235 g/mol. The predicted octanol–water partition coefficient (Wildman–Crippen LogP) is 0.807. The second-order valence-electron chi connectivity index (χ2n) is 3.25. The Morgan fingerprint density at radius 1 is 1.50 bits per heavy atom. The van der Waals surface area contributed by atoms with E-state index in [2.05, 4.69) is 15.3 Å². The third-order valence-corrected chi connectivity index (χ3v) is 3.19. The monoisotopic (exact) mass is 235 g/mol. The molecular formula is C9H9N5OS. The highest BCUT2D eigenvalue weighted by atomic mass is 32.2. The summed E-state index contributed by atoms with van der Waals surface area (Å²) in [5.41, 5.74) is 6.50. The van der Waals surface area contributed by atoms with Crippen LogP contribution in [0.1, 0.15) is 0 Å². The van der Waals surface area contributed by atoms with E-state index in [1.807, 2.05) is 6.07 Å². The van der Waals surface area contributed by atoms with E-state index in [1.54, 1.807) is 28.8 Å². The number of hydrogen-bond acceptors (Lipinski definition) is 6. The van der Waals surface area contributed by atoms with Gasteiger partial charge in [0.1, 0.15) is 0 Å². The maximum Gasteiger partial charge on any atom is 0.221 e. The van der Waals surface area contributed by atoms with Crippen molar-refractivity contribution in [3.05, 3.63) is 18.4 Å². The largest absolute Gasteiger partial charge is 0.461 e. The molecule has 0 unspecified atom stereocenters. The molecule has 0 saturated heterocycles. The van der Waals surface area contributed by atoms with Crippen molar-refractivity contribution < 1.29 is 4.42 Å². The lowest BCUT2D eigenvalue weighted by atomic mass is 10.4. The van der Waals surface area contributed by atoms with Crippen molar-refractivity contribution >= 4 is 17.5 Å². The molecule has 2 aromatic heterocycles. The van der Waals surface area contributed by atoms with Gasteiger partial charge in [0.15, 0.2) is 5.76 Å². The SMILES string of the molecule is NCC1=Nn2c(nnc2-c2ccco2)SC1. The molecule has 0 bridgehead atoms. The fourth-order valence-electron chi connectivity index (χ4n) is 1.42. The maximum absolute atomic E-state index is 5.58. The lowest BCUT2D eigenvalue weighted by Gasteiger charge is -2.11. The van der Waals surface area contributed by atoms with Crippen LogP contribution in [0.25, 0.3) is 11.6 Å². The molecule has 0 fully saturated rings. The lowest BCUT2D eigenvalue weighted by Crippen LogP contribution is -2.21. The van der Waals surface area contributed by atoms with Crippen LogP contribution in [0, 0.1) is 0 Å². The Labute approximate surface area is 95.5 Å². The van der Waals surface area contributed by atoms with Crippen molar-refractivity contribution in [2.45, 2.75) is 5.16 Å². The number of fused-ring (bicyclic) bond motifs is 1. The summed E-state index contributed by atoms with van der Waals surface area (Å²) in [4.78, 5) is 0. The number of thioether (sulfide) groups is 1. The molecule has 7 heteroatoms. The molecule has 0 atom stereocenters. The molecule has 2 N–H and O–H groups in total. The van der Waals surface area contributed by atoms with Gasteiger partial charge in [-0.25, -0.2) is 0 Å². The Hall–Kier alpha value is -1.60. The van der Waals surface area contributed by atoms with Gasteiger partial charge in [-0.15, -0.1) is 10.2 Å². The van der Waals surface area contributed by atoms with Gasteiger partial charge in [0.2, 0.25) is 11.0 Å². The molecule has 16 heavy (non-hydrogen) atoms. The van der Waals surface area contributed by atoms with Crippen LogP contribution in [-0.2, 0) is 0 Å². The summed E-state index contributed by atoms with van der Waals surface area (Å²) in [6.07, 6.45) is 1.60. The van der Waals surface area contributed by atoms with Crippen molar-refractivity contribution in [2.75, 3.05) is 12.3 Å². The van der Waals surface area contributed by atoms with Gasteiger partial charge in [0, 0.05) is 12.3 Å². The zero-order valence-corrected chi connectivity index (χ0v) is 9.15. The standard InChI is InChI=1S/C9H9N5OS/c10-4-6-5-16-9-12-11-8(14(9)13-6)7-2-1-3-15-7/h1-3H,4-5,10H2. The van der Waals surface area contributed by atoms with Gasteiger partial charge >= 0.3 is 0 Å². The van der Waals surface area contributed by atoms with Crippen LogP contribution < -0.4 is 5.73 Å². The number of aromatic nitrogens is 3. The highest BCUT2D eigenvalue weighted by Gasteiger charge is 2.20. The van der Waals surface area contributed by atoms with E-state index in [-0.39, 0.29) is 0 Å². The quantitative estimate of drug-likeness (QED) is 0.832. The molecular weight excluding hydrogens is 226 g/mol. The van der Waals surface area contributed by atoms with E-state index in [1.165, 1.54) is 0 Å². The Morgan fingerprint density at radius 3 is 3.19 bits per heavy atom. The average Bonchev–Trinajstić information content (AvgIpc) is 2.96. The number of furan rings is 1. The number of nitrogens with two attached hydrogens (primary N) is 1. The minimum absolute atomic E-state index is 0.447. The van der Waals surface area contributed by atoms with Crippen molar-refractivity contribution in [3.63, 3.8) is 0 Å². The molecule has 0 aromatic carbocycles. The molecule has 0 aliphatic carbocycles. The highest BCUT2D eigenvalue weighted by molar-refractivity contribution is 7.99. The summed E-state index contributed by atoms with van der Waals surface area (Å²) in [5, 5.41) is 13.3. The van der Waals surface area contributed by atoms with Gasteiger partial charge < -0.3 is 10.2 Å². The summed E-state index contributed by atoms with van der Waals surface area (Å²) >= 11 is 1.58. The van der Waals surface area contributed by atoms with Crippen molar-refractivity contribution in [1.82, 2.24) is 14.9 Å². The predicted molar refractivity (Wildman–Crippen MR) is 60.3 cm³/mol. The molecule has 0 spiro atoms. The fourth-order valence-corrected chi connectivity index (χ4v) is 2.24. The van der Waals surface area contributed by atoms with E-state index in [0.29, 0.717) is 18.1 Å². The van der Waals surface area contributed by atoms with Crippen LogP contribution in [-0.4, -0.2) is 32.9 Å². The van der Waals surface area contributed by atoms with Crippen molar-refractivity contribution in [1.29, 1.82) is 0 Å². The fraction of sp³-hybridized carbons (Fsp3) is 0.222. The van der Waals surface area contributed by atoms with Crippen LogP contribution in [0.15, 0.2) is 33.1 Å². The maximum atomic E-state index is 5.58. The van der Waals surface area contributed by atoms with E-state index in [0.717, 1.165) is 16.6 Å². The van der Waals surface area contributed by atoms with Gasteiger partial charge in [0.05, 0.1) is 12.0 Å². The minimum atomic E-state index is 0.447. The summed E-state index contributed by atoms with van der Waals surface area (Å²) in [7, 11) is 0. The second kappa shape index (κ2) is 3.76. The molecule has 3 rings (SSSR count). The first-order chi connectivity index (χ1) is 7.88. The van der Waals surface area contributed by atoms with E-state index in [9.17, 15) is 0 Å². The molecule has 1 aliphatic heterocycles. The van der Waals surface area contributed by atoms with Gasteiger partial charge in [-0.1, -0.05) is 11.8 Å². The number of nitrogens with zero attached hydrogens (tertiary/aromatic N) is 4. The molecule has 0 saturated carbocycles. The van der Waals surface area contributed by atoms with Crippen LogP contribution in [0.4, 0.5) is 0 Å². The smallest absolute Gasteiger partial charge is 0.221 e. The molecule has 2 aromatic rings. The Morgan fingerprint density at radius 2 is 2.44 bits per heavy atom. The second-order valence-corrected chi connectivity index (χ2v) is 4.20. The normalized spacial score (nSPS) is 14.7.